The molecule has 2 aromatic rings. The van der Waals surface area contributed by atoms with Gasteiger partial charge >= 0.3 is 0 Å². The number of rotatable bonds is 3. The lowest BCUT2D eigenvalue weighted by atomic mass is 10.3. The van der Waals surface area contributed by atoms with E-state index < -0.39 is 5.82 Å². The first-order valence-electron chi connectivity index (χ1n) is 5.25. The number of ether oxygens (including phenoxy) is 1. The van der Waals surface area contributed by atoms with Crippen LogP contribution in [0.5, 0.6) is 11.6 Å². The van der Waals surface area contributed by atoms with Gasteiger partial charge in [0.15, 0.2) is 0 Å². The molecule has 0 radical (unpaired) electrons. The molecule has 1 aromatic heterocycles. The van der Waals surface area contributed by atoms with Gasteiger partial charge in [0.25, 0.3) is 0 Å². The van der Waals surface area contributed by atoms with E-state index in [1.807, 2.05) is 6.92 Å². The lowest BCUT2D eigenvalue weighted by Crippen LogP contribution is -1.96. The number of halogens is 3. The first-order valence-corrected chi connectivity index (χ1v) is 6.42. The third-order valence-electron chi connectivity index (χ3n) is 2.15. The standard InChI is InChI=1S/C12H9BrClFN2O/c1-2-11-16-10(14)6-12(17-11)18-7-3-4-8(13)9(15)5-7/h3-6H,2H2,1H3. The van der Waals surface area contributed by atoms with E-state index in [1.54, 1.807) is 12.1 Å². The maximum atomic E-state index is 13.3. The zero-order valence-electron chi connectivity index (χ0n) is 9.45. The van der Waals surface area contributed by atoms with Crippen LogP contribution in [0.2, 0.25) is 5.15 Å². The van der Waals surface area contributed by atoms with E-state index >= 15 is 0 Å². The predicted molar refractivity (Wildman–Crippen MR) is 70.6 cm³/mol. The highest BCUT2D eigenvalue weighted by atomic mass is 79.9. The van der Waals surface area contributed by atoms with Crippen LogP contribution in [0.3, 0.4) is 0 Å². The van der Waals surface area contributed by atoms with E-state index in [9.17, 15) is 4.39 Å². The molecule has 0 atom stereocenters. The number of nitrogens with zero attached hydrogens (tertiary/aromatic N) is 2. The van der Waals surface area contributed by atoms with Crippen LogP contribution >= 0.6 is 27.5 Å². The number of benzene rings is 1. The molecule has 3 nitrogen and oxygen atoms in total. The molecule has 2 rings (SSSR count). The minimum Gasteiger partial charge on any atom is -0.439 e. The van der Waals surface area contributed by atoms with Crippen LogP contribution < -0.4 is 4.74 Å². The van der Waals surface area contributed by atoms with Crippen molar-refractivity contribution in [2.45, 2.75) is 13.3 Å². The molecule has 0 amide bonds. The zero-order chi connectivity index (χ0) is 13.1. The van der Waals surface area contributed by atoms with Gasteiger partial charge in [-0.05, 0) is 28.1 Å². The summed E-state index contributed by atoms with van der Waals surface area (Å²) in [7, 11) is 0. The number of aromatic nitrogens is 2. The molecule has 0 N–H and O–H groups in total. The van der Waals surface area contributed by atoms with Crippen molar-refractivity contribution in [2.24, 2.45) is 0 Å². The molecule has 0 fully saturated rings. The molecule has 0 aliphatic carbocycles. The average molecular weight is 332 g/mol. The fourth-order valence-electron chi connectivity index (χ4n) is 1.31. The normalized spacial score (nSPS) is 10.4. The molecule has 94 valence electrons. The monoisotopic (exact) mass is 330 g/mol. The van der Waals surface area contributed by atoms with Crippen molar-refractivity contribution >= 4 is 27.5 Å². The highest BCUT2D eigenvalue weighted by Crippen LogP contribution is 2.25. The van der Waals surface area contributed by atoms with Gasteiger partial charge in [0.2, 0.25) is 5.88 Å². The third-order valence-corrected chi connectivity index (χ3v) is 2.98. The van der Waals surface area contributed by atoms with Crippen molar-refractivity contribution in [1.29, 1.82) is 0 Å². The first-order chi connectivity index (χ1) is 8.58. The lowest BCUT2D eigenvalue weighted by molar-refractivity contribution is 0.454. The summed E-state index contributed by atoms with van der Waals surface area (Å²) >= 11 is 8.91. The van der Waals surface area contributed by atoms with E-state index in [0.29, 0.717) is 33.5 Å². The fourth-order valence-corrected chi connectivity index (χ4v) is 1.75. The molecule has 0 saturated carbocycles. The van der Waals surface area contributed by atoms with Crippen LogP contribution in [0.1, 0.15) is 12.7 Å². The van der Waals surface area contributed by atoms with Gasteiger partial charge in [-0.1, -0.05) is 18.5 Å². The largest absolute Gasteiger partial charge is 0.439 e. The Labute approximate surface area is 117 Å². The van der Waals surface area contributed by atoms with Gasteiger partial charge in [0.05, 0.1) is 4.47 Å². The van der Waals surface area contributed by atoms with Crippen LogP contribution in [0.4, 0.5) is 4.39 Å². The number of hydrogen-bond donors (Lipinski definition) is 0. The summed E-state index contributed by atoms with van der Waals surface area (Å²) in [5, 5.41) is 0.300. The molecule has 0 aliphatic heterocycles. The summed E-state index contributed by atoms with van der Waals surface area (Å²) in [4.78, 5) is 8.17. The van der Waals surface area contributed by atoms with Crippen molar-refractivity contribution in [3.8, 4) is 11.6 Å². The smallest absolute Gasteiger partial charge is 0.224 e. The maximum absolute atomic E-state index is 13.3. The van der Waals surface area contributed by atoms with Crippen LogP contribution in [-0.2, 0) is 6.42 Å². The molecular formula is C12H9BrClFN2O. The zero-order valence-corrected chi connectivity index (χ0v) is 11.8. The van der Waals surface area contributed by atoms with Crippen LogP contribution in [-0.4, -0.2) is 9.97 Å². The first kappa shape index (κ1) is 13.2. The van der Waals surface area contributed by atoms with Crippen molar-refractivity contribution in [1.82, 2.24) is 9.97 Å². The Morgan fingerprint density at radius 2 is 2.11 bits per heavy atom. The van der Waals surface area contributed by atoms with Gasteiger partial charge in [-0.25, -0.2) is 9.37 Å². The minimum absolute atomic E-state index is 0.300. The van der Waals surface area contributed by atoms with Gasteiger partial charge in [-0.2, -0.15) is 4.98 Å². The second-order valence-corrected chi connectivity index (χ2v) is 4.72. The summed E-state index contributed by atoms with van der Waals surface area (Å²) in [5.41, 5.74) is 0. The molecule has 0 unspecified atom stereocenters. The van der Waals surface area contributed by atoms with E-state index in [-0.39, 0.29) is 0 Å². The van der Waals surface area contributed by atoms with Gasteiger partial charge in [0.1, 0.15) is 22.5 Å². The Morgan fingerprint density at radius 3 is 2.78 bits per heavy atom. The Kier molecular flexibility index (Phi) is 4.14. The van der Waals surface area contributed by atoms with E-state index in [0.717, 1.165) is 0 Å². The summed E-state index contributed by atoms with van der Waals surface area (Å²) in [6, 6.07) is 5.95. The summed E-state index contributed by atoms with van der Waals surface area (Å²) < 4.78 is 19.1. The van der Waals surface area contributed by atoms with Crippen LogP contribution in [0, 0.1) is 5.82 Å². The predicted octanol–water partition coefficient (Wildman–Crippen LogP) is 4.39. The molecule has 0 bridgehead atoms. The Hall–Kier alpha value is -1.20. The molecule has 6 heteroatoms. The summed E-state index contributed by atoms with van der Waals surface area (Å²) in [6.45, 7) is 1.91. The van der Waals surface area contributed by atoms with Gasteiger partial charge < -0.3 is 4.74 Å². The SMILES string of the molecule is CCc1nc(Cl)cc(Oc2ccc(Br)c(F)c2)n1. The third kappa shape index (κ3) is 3.17. The average Bonchev–Trinajstić information content (AvgIpc) is 2.33. The number of hydrogen-bond acceptors (Lipinski definition) is 3. The molecule has 18 heavy (non-hydrogen) atoms. The topological polar surface area (TPSA) is 35.0 Å². The van der Waals surface area contributed by atoms with Gasteiger partial charge in [0, 0.05) is 18.6 Å². The second kappa shape index (κ2) is 5.63. The van der Waals surface area contributed by atoms with Gasteiger partial charge in [-0.3, -0.25) is 0 Å². The van der Waals surface area contributed by atoms with Crippen molar-refractivity contribution in [3.05, 3.63) is 45.5 Å². The van der Waals surface area contributed by atoms with Gasteiger partial charge in [-0.15, -0.1) is 0 Å². The Morgan fingerprint density at radius 1 is 1.33 bits per heavy atom. The molecule has 1 heterocycles. The van der Waals surface area contributed by atoms with Crippen molar-refractivity contribution in [3.63, 3.8) is 0 Å². The van der Waals surface area contributed by atoms with Crippen molar-refractivity contribution in [2.75, 3.05) is 0 Å². The highest BCUT2D eigenvalue weighted by molar-refractivity contribution is 9.10. The molecule has 0 saturated heterocycles. The Balaban J connectivity index is 2.27. The van der Waals surface area contributed by atoms with Crippen LogP contribution in [0.25, 0.3) is 0 Å². The molecule has 1 aromatic carbocycles. The molecule has 0 aliphatic rings. The van der Waals surface area contributed by atoms with Crippen LogP contribution in [0.15, 0.2) is 28.7 Å². The van der Waals surface area contributed by atoms with Crippen molar-refractivity contribution < 1.29 is 9.13 Å². The molecular weight excluding hydrogens is 322 g/mol. The minimum atomic E-state index is -0.400. The van der Waals surface area contributed by atoms with E-state index in [1.165, 1.54) is 12.1 Å². The summed E-state index contributed by atoms with van der Waals surface area (Å²) in [6.07, 6.45) is 0.644. The van der Waals surface area contributed by atoms with E-state index in [2.05, 4.69) is 25.9 Å². The lowest BCUT2D eigenvalue weighted by Gasteiger charge is -2.06. The molecule has 0 spiro atoms. The Bertz CT molecular complexity index is 580. The fraction of sp³-hybridized carbons (Fsp3) is 0.167. The summed E-state index contributed by atoms with van der Waals surface area (Å²) in [5.74, 6) is 0.833. The number of aryl methyl sites for hydroxylation is 1. The quantitative estimate of drug-likeness (QED) is 0.783. The second-order valence-electron chi connectivity index (χ2n) is 3.48. The maximum Gasteiger partial charge on any atom is 0.224 e. The highest BCUT2D eigenvalue weighted by Gasteiger charge is 2.06. The van der Waals surface area contributed by atoms with E-state index in [4.69, 9.17) is 16.3 Å².